The van der Waals surface area contributed by atoms with Gasteiger partial charge in [0.15, 0.2) is 5.82 Å². The third kappa shape index (κ3) is 4.09. The lowest BCUT2D eigenvalue weighted by molar-refractivity contribution is 0.0714. The molecule has 0 aromatic carbocycles. The SMILES string of the molecule is COCCOCCc1noc(-c2ccc(CN)cn2)n1. The summed E-state index contributed by atoms with van der Waals surface area (Å²) in [4.78, 5) is 8.50. The number of methoxy groups -OCH3 is 1. The lowest BCUT2D eigenvalue weighted by Crippen LogP contribution is -2.05. The van der Waals surface area contributed by atoms with Crippen molar-refractivity contribution in [1.29, 1.82) is 0 Å². The molecule has 0 amide bonds. The Bertz CT molecular complexity index is 513. The van der Waals surface area contributed by atoms with Crippen LogP contribution in [0, 0.1) is 0 Å². The summed E-state index contributed by atoms with van der Waals surface area (Å²) in [6, 6.07) is 3.70. The van der Waals surface area contributed by atoms with E-state index in [0.717, 1.165) is 5.56 Å². The van der Waals surface area contributed by atoms with Crippen molar-refractivity contribution in [3.63, 3.8) is 0 Å². The van der Waals surface area contributed by atoms with Gasteiger partial charge in [-0.3, -0.25) is 4.98 Å². The number of pyridine rings is 1. The van der Waals surface area contributed by atoms with Gasteiger partial charge in [-0.1, -0.05) is 11.2 Å². The van der Waals surface area contributed by atoms with Gasteiger partial charge in [-0.2, -0.15) is 4.98 Å². The average molecular weight is 278 g/mol. The molecule has 0 fully saturated rings. The predicted molar refractivity (Wildman–Crippen MR) is 71.8 cm³/mol. The Hall–Kier alpha value is -1.83. The van der Waals surface area contributed by atoms with E-state index in [1.807, 2.05) is 12.1 Å². The molecule has 0 bridgehead atoms. The van der Waals surface area contributed by atoms with Gasteiger partial charge in [0.2, 0.25) is 0 Å². The van der Waals surface area contributed by atoms with Crippen LogP contribution in [0.15, 0.2) is 22.9 Å². The molecule has 0 saturated carbocycles. The molecule has 0 aliphatic heterocycles. The van der Waals surface area contributed by atoms with Crippen molar-refractivity contribution in [2.45, 2.75) is 13.0 Å². The molecule has 0 atom stereocenters. The summed E-state index contributed by atoms with van der Waals surface area (Å²) in [5.41, 5.74) is 7.12. The van der Waals surface area contributed by atoms with Crippen LogP contribution >= 0.6 is 0 Å². The Morgan fingerprint density at radius 1 is 1.25 bits per heavy atom. The maximum atomic E-state index is 5.52. The van der Waals surface area contributed by atoms with Crippen molar-refractivity contribution in [2.75, 3.05) is 26.9 Å². The third-order valence-corrected chi connectivity index (χ3v) is 2.65. The van der Waals surface area contributed by atoms with Crippen LogP contribution in [0.1, 0.15) is 11.4 Å². The second-order valence-corrected chi connectivity index (χ2v) is 4.13. The molecule has 0 spiro atoms. The first-order valence-corrected chi connectivity index (χ1v) is 6.38. The second-order valence-electron chi connectivity index (χ2n) is 4.13. The Kier molecular flexibility index (Phi) is 5.60. The number of hydrogen-bond acceptors (Lipinski definition) is 7. The molecular formula is C13H18N4O3. The number of rotatable bonds is 8. The van der Waals surface area contributed by atoms with Crippen LogP contribution in [0.4, 0.5) is 0 Å². The fourth-order valence-corrected chi connectivity index (χ4v) is 1.54. The first-order valence-electron chi connectivity index (χ1n) is 6.38. The number of nitrogens with two attached hydrogens (primary N) is 1. The highest BCUT2D eigenvalue weighted by molar-refractivity contribution is 5.46. The number of hydrogen-bond donors (Lipinski definition) is 1. The fraction of sp³-hybridized carbons (Fsp3) is 0.462. The van der Waals surface area contributed by atoms with Crippen LogP contribution in [0.25, 0.3) is 11.6 Å². The van der Waals surface area contributed by atoms with Gasteiger partial charge in [-0.25, -0.2) is 0 Å². The van der Waals surface area contributed by atoms with E-state index in [-0.39, 0.29) is 0 Å². The summed E-state index contributed by atoms with van der Waals surface area (Å²) in [7, 11) is 1.64. The quantitative estimate of drug-likeness (QED) is 0.713. The molecule has 0 aliphatic carbocycles. The zero-order valence-electron chi connectivity index (χ0n) is 11.4. The van der Waals surface area contributed by atoms with Crippen LogP contribution < -0.4 is 5.73 Å². The van der Waals surface area contributed by atoms with Gasteiger partial charge in [-0.15, -0.1) is 0 Å². The van der Waals surface area contributed by atoms with Gasteiger partial charge in [-0.05, 0) is 11.6 Å². The molecule has 2 aromatic rings. The lowest BCUT2D eigenvalue weighted by atomic mass is 10.2. The lowest BCUT2D eigenvalue weighted by Gasteiger charge is -2.00. The monoisotopic (exact) mass is 278 g/mol. The van der Waals surface area contributed by atoms with Gasteiger partial charge in [0.05, 0.1) is 19.8 Å². The molecule has 0 radical (unpaired) electrons. The molecule has 7 heteroatoms. The minimum absolute atomic E-state index is 0.403. The molecule has 7 nitrogen and oxygen atoms in total. The standard InChI is InChI=1S/C13H18N4O3/c1-18-6-7-19-5-4-12-16-13(20-17-12)11-3-2-10(8-14)9-15-11/h2-3,9H,4-8,14H2,1H3. The minimum atomic E-state index is 0.403. The van der Waals surface area contributed by atoms with Gasteiger partial charge < -0.3 is 19.7 Å². The molecule has 20 heavy (non-hydrogen) atoms. The van der Waals surface area contributed by atoms with Crippen LogP contribution in [-0.2, 0) is 22.4 Å². The first kappa shape index (κ1) is 14.6. The summed E-state index contributed by atoms with van der Waals surface area (Å²) in [6.07, 6.45) is 2.29. The average Bonchev–Trinajstić information content (AvgIpc) is 2.96. The maximum absolute atomic E-state index is 5.52. The number of nitrogens with zero attached hydrogens (tertiary/aromatic N) is 3. The van der Waals surface area contributed by atoms with E-state index in [1.54, 1.807) is 13.3 Å². The van der Waals surface area contributed by atoms with Gasteiger partial charge in [0.1, 0.15) is 5.69 Å². The summed E-state index contributed by atoms with van der Waals surface area (Å²) < 4.78 is 15.4. The zero-order chi connectivity index (χ0) is 14.2. The van der Waals surface area contributed by atoms with Crippen molar-refractivity contribution in [2.24, 2.45) is 5.73 Å². The normalized spacial score (nSPS) is 10.9. The van der Waals surface area contributed by atoms with E-state index in [0.29, 0.717) is 50.2 Å². The van der Waals surface area contributed by atoms with Gasteiger partial charge in [0, 0.05) is 26.3 Å². The summed E-state index contributed by atoms with van der Waals surface area (Å²) in [5.74, 6) is 1.00. The maximum Gasteiger partial charge on any atom is 0.276 e. The van der Waals surface area contributed by atoms with Gasteiger partial charge in [0.25, 0.3) is 5.89 Å². The predicted octanol–water partition coefficient (Wildman–Crippen LogP) is 0.796. The Balaban J connectivity index is 1.87. The van der Waals surface area contributed by atoms with Crippen molar-refractivity contribution < 1.29 is 14.0 Å². The zero-order valence-corrected chi connectivity index (χ0v) is 11.4. The van der Waals surface area contributed by atoms with E-state index < -0.39 is 0 Å². The second kappa shape index (κ2) is 7.68. The molecule has 0 saturated heterocycles. The summed E-state index contributed by atoms with van der Waals surface area (Å²) >= 11 is 0. The molecule has 108 valence electrons. The minimum Gasteiger partial charge on any atom is -0.382 e. The van der Waals surface area contributed by atoms with E-state index >= 15 is 0 Å². The Morgan fingerprint density at radius 3 is 2.85 bits per heavy atom. The van der Waals surface area contributed by atoms with Crippen molar-refractivity contribution >= 4 is 0 Å². The third-order valence-electron chi connectivity index (χ3n) is 2.65. The highest BCUT2D eigenvalue weighted by Crippen LogP contribution is 2.14. The van der Waals surface area contributed by atoms with Crippen LogP contribution in [-0.4, -0.2) is 42.1 Å². The number of ether oxygens (including phenoxy) is 2. The summed E-state index contributed by atoms with van der Waals surface area (Å²) in [6.45, 7) is 2.13. The highest BCUT2D eigenvalue weighted by atomic mass is 16.5. The molecule has 0 aliphatic rings. The summed E-state index contributed by atoms with van der Waals surface area (Å²) in [5, 5.41) is 3.89. The van der Waals surface area contributed by atoms with Crippen molar-refractivity contribution in [3.8, 4) is 11.6 Å². The topological polar surface area (TPSA) is 96.3 Å². The molecular weight excluding hydrogens is 260 g/mol. The van der Waals surface area contributed by atoms with E-state index in [4.69, 9.17) is 19.7 Å². The largest absolute Gasteiger partial charge is 0.382 e. The van der Waals surface area contributed by atoms with Crippen LogP contribution in [0.2, 0.25) is 0 Å². The molecule has 0 unspecified atom stereocenters. The molecule has 2 heterocycles. The Morgan fingerprint density at radius 2 is 2.15 bits per heavy atom. The van der Waals surface area contributed by atoms with Crippen LogP contribution in [0.5, 0.6) is 0 Å². The first-order chi connectivity index (χ1) is 9.83. The smallest absolute Gasteiger partial charge is 0.276 e. The number of aromatic nitrogens is 3. The van der Waals surface area contributed by atoms with E-state index in [9.17, 15) is 0 Å². The van der Waals surface area contributed by atoms with Crippen molar-refractivity contribution in [1.82, 2.24) is 15.1 Å². The van der Waals surface area contributed by atoms with Crippen molar-refractivity contribution in [3.05, 3.63) is 29.7 Å². The van der Waals surface area contributed by atoms with E-state index in [2.05, 4.69) is 15.1 Å². The van der Waals surface area contributed by atoms with Crippen LogP contribution in [0.3, 0.4) is 0 Å². The molecule has 2 rings (SSSR count). The van der Waals surface area contributed by atoms with E-state index in [1.165, 1.54) is 0 Å². The highest BCUT2D eigenvalue weighted by Gasteiger charge is 2.09. The molecule has 2 aromatic heterocycles. The Labute approximate surface area is 117 Å². The molecule has 2 N–H and O–H groups in total. The van der Waals surface area contributed by atoms with Gasteiger partial charge >= 0.3 is 0 Å². The fourth-order valence-electron chi connectivity index (χ4n) is 1.54.